The third-order valence-corrected chi connectivity index (χ3v) is 7.44. The van der Waals surface area contributed by atoms with Crippen molar-refractivity contribution in [1.82, 2.24) is 4.57 Å². The highest BCUT2D eigenvalue weighted by Gasteiger charge is 2.55. The summed E-state index contributed by atoms with van der Waals surface area (Å²) in [6.45, 7) is 16.4. The van der Waals surface area contributed by atoms with Gasteiger partial charge in [-0.15, -0.1) is 0 Å². The summed E-state index contributed by atoms with van der Waals surface area (Å²) >= 11 is 0. The topological polar surface area (TPSA) is 30.9 Å². The van der Waals surface area contributed by atoms with Gasteiger partial charge < -0.3 is 18.6 Å². The Labute approximate surface area is 132 Å². The number of hydrogen-bond acceptors (Lipinski definition) is 4. The lowest BCUT2D eigenvalue weighted by Crippen LogP contribution is -2.56. The summed E-state index contributed by atoms with van der Waals surface area (Å²) in [6.07, 6.45) is 2.06. The fourth-order valence-corrected chi connectivity index (χ4v) is 3.74. The first kappa shape index (κ1) is 19.2. The second-order valence-electron chi connectivity index (χ2n) is 8.11. The van der Waals surface area contributed by atoms with Crippen LogP contribution in [-0.2, 0) is 14.0 Å². The van der Waals surface area contributed by atoms with Gasteiger partial charge in [0.1, 0.15) is 8.24 Å². The highest BCUT2D eigenvalue weighted by molar-refractivity contribution is 6.74. The summed E-state index contributed by atoms with van der Waals surface area (Å²) in [5, 5.41) is 0. The van der Waals surface area contributed by atoms with Gasteiger partial charge in [-0.1, -0.05) is 19.6 Å². The number of hydrogen-bond donors (Lipinski definition) is 0. The predicted octanol–water partition coefficient (Wildman–Crippen LogP) is 3.18. The van der Waals surface area contributed by atoms with Gasteiger partial charge in [0, 0.05) is 19.7 Å². The molecule has 0 amide bonds. The van der Waals surface area contributed by atoms with E-state index >= 15 is 0 Å². The molecule has 21 heavy (non-hydrogen) atoms. The predicted molar refractivity (Wildman–Crippen MR) is 92.1 cm³/mol. The second kappa shape index (κ2) is 6.71. The molecule has 1 atom stereocenters. The van der Waals surface area contributed by atoms with Gasteiger partial charge in [-0.25, -0.2) is 0 Å². The molecule has 0 aromatic rings. The Balaban J connectivity index is 2.87. The van der Waals surface area contributed by atoms with Crippen molar-refractivity contribution in [2.45, 2.75) is 77.3 Å². The highest BCUT2D eigenvalue weighted by atomic mass is 28.3. The zero-order valence-corrected chi connectivity index (χ0v) is 16.4. The van der Waals surface area contributed by atoms with Gasteiger partial charge in [-0.05, 0) is 47.6 Å². The molecule has 0 aromatic carbocycles. The maximum absolute atomic E-state index is 6.29. The fourth-order valence-electron chi connectivity index (χ4n) is 2.49. The van der Waals surface area contributed by atoms with Gasteiger partial charge in [0.25, 0.3) is 0 Å². The van der Waals surface area contributed by atoms with Crippen LogP contribution in [0.25, 0.3) is 0 Å². The number of nitrogens with zero attached hydrogens (tertiary/aromatic N) is 1. The smallest absolute Gasteiger partial charge is 0.402 e. The van der Waals surface area contributed by atoms with Crippen LogP contribution in [0.5, 0.6) is 0 Å². The zero-order chi connectivity index (χ0) is 16.5. The van der Waals surface area contributed by atoms with Gasteiger partial charge in [-0.2, -0.15) is 0 Å². The first-order valence-electron chi connectivity index (χ1n) is 8.00. The largest absolute Gasteiger partial charge is 0.475 e. The molecule has 6 heteroatoms. The molecule has 0 aliphatic carbocycles. The molecule has 124 valence electrons. The molecule has 4 nitrogen and oxygen atoms in total. The van der Waals surface area contributed by atoms with E-state index in [9.17, 15) is 0 Å². The van der Waals surface area contributed by atoms with Gasteiger partial charge in [-0.3, -0.25) is 0 Å². The van der Waals surface area contributed by atoms with E-state index in [-0.39, 0.29) is 24.3 Å². The van der Waals surface area contributed by atoms with E-state index in [1.54, 1.807) is 7.11 Å². The Morgan fingerprint density at radius 3 is 1.95 bits per heavy atom. The highest BCUT2D eigenvalue weighted by Crippen LogP contribution is 2.39. The van der Waals surface area contributed by atoms with Crippen molar-refractivity contribution in [3.63, 3.8) is 0 Å². The molecule has 0 radical (unpaired) electrons. The van der Waals surface area contributed by atoms with Gasteiger partial charge in [0.2, 0.25) is 0 Å². The summed E-state index contributed by atoms with van der Waals surface area (Å²) in [6, 6.07) is 0. The number of methoxy groups -OCH3 is 1. The van der Waals surface area contributed by atoms with Gasteiger partial charge >= 0.3 is 7.12 Å². The van der Waals surface area contributed by atoms with Crippen LogP contribution in [0.4, 0.5) is 0 Å². The molecule has 1 rings (SSSR count). The van der Waals surface area contributed by atoms with Crippen molar-refractivity contribution in [1.29, 1.82) is 0 Å². The summed E-state index contributed by atoms with van der Waals surface area (Å²) < 4.78 is 20.3. The minimum atomic E-state index is -1.41. The molecule has 1 fully saturated rings. The molecular formula is C15H34BNO3Si. The Morgan fingerprint density at radius 2 is 1.57 bits per heavy atom. The summed E-state index contributed by atoms with van der Waals surface area (Å²) in [5.41, 5.74) is -0.533. The van der Waals surface area contributed by atoms with Crippen molar-refractivity contribution in [3.05, 3.63) is 0 Å². The second-order valence-corrected chi connectivity index (χ2v) is 13.2. The number of rotatable bonds is 7. The van der Waals surface area contributed by atoms with Gasteiger partial charge in [0.05, 0.1) is 11.2 Å². The molecule has 1 heterocycles. The SMILES string of the molecule is COCCC[C@H](B1OC(C)(C)C(C)(C)O1)N(C)[Si](C)(C)C. The number of ether oxygens (including phenoxy) is 1. The van der Waals surface area contributed by atoms with E-state index in [2.05, 4.69) is 58.9 Å². The van der Waals surface area contributed by atoms with E-state index in [0.717, 1.165) is 19.4 Å². The molecule has 0 aromatic heterocycles. The van der Waals surface area contributed by atoms with Crippen LogP contribution in [0.1, 0.15) is 40.5 Å². The van der Waals surface area contributed by atoms with E-state index in [1.165, 1.54) is 0 Å². The van der Waals surface area contributed by atoms with Crippen molar-refractivity contribution in [3.8, 4) is 0 Å². The van der Waals surface area contributed by atoms with E-state index in [0.29, 0.717) is 0 Å². The Bertz CT molecular complexity index is 328. The monoisotopic (exact) mass is 315 g/mol. The normalized spacial score (nSPS) is 22.9. The molecule has 1 aliphatic rings. The molecule has 0 spiro atoms. The molecule has 0 saturated carbocycles. The average Bonchev–Trinajstić information content (AvgIpc) is 2.52. The fraction of sp³-hybridized carbons (Fsp3) is 1.00. The Kier molecular flexibility index (Phi) is 6.12. The standard InChI is InChI=1S/C15H34BNO3Si/c1-14(2)15(3,4)20-16(19-14)13(11-10-12-18-6)17(5)21(7,8)9/h13H,10-12H2,1-9H3/t13-/m1/s1. The Hall–Kier alpha value is 0.122. The molecule has 1 aliphatic heterocycles. The first-order chi connectivity index (χ1) is 9.42. The maximum atomic E-state index is 6.29. The quantitative estimate of drug-likeness (QED) is 0.533. The average molecular weight is 315 g/mol. The van der Waals surface area contributed by atoms with Crippen LogP contribution in [0.2, 0.25) is 19.6 Å². The molecule has 0 N–H and O–H groups in total. The third kappa shape index (κ3) is 4.55. The van der Waals surface area contributed by atoms with Crippen LogP contribution < -0.4 is 0 Å². The Morgan fingerprint density at radius 1 is 1.10 bits per heavy atom. The van der Waals surface area contributed by atoms with Crippen LogP contribution >= 0.6 is 0 Å². The van der Waals surface area contributed by atoms with Crippen molar-refractivity contribution < 1.29 is 14.0 Å². The lowest BCUT2D eigenvalue weighted by atomic mass is 9.76. The van der Waals surface area contributed by atoms with Crippen LogP contribution in [0.15, 0.2) is 0 Å². The van der Waals surface area contributed by atoms with Crippen molar-refractivity contribution in [2.24, 2.45) is 0 Å². The van der Waals surface area contributed by atoms with E-state index < -0.39 is 8.24 Å². The maximum Gasteiger partial charge on any atom is 0.475 e. The molecule has 0 bridgehead atoms. The van der Waals surface area contributed by atoms with Crippen LogP contribution in [-0.4, -0.2) is 57.8 Å². The molecule has 1 saturated heterocycles. The van der Waals surface area contributed by atoms with E-state index in [1.807, 2.05) is 0 Å². The first-order valence-corrected chi connectivity index (χ1v) is 11.4. The summed E-state index contributed by atoms with van der Waals surface area (Å²) in [5.74, 6) is 0.285. The van der Waals surface area contributed by atoms with Crippen LogP contribution in [0.3, 0.4) is 0 Å². The summed E-state index contributed by atoms with van der Waals surface area (Å²) in [7, 11) is 2.40. The minimum Gasteiger partial charge on any atom is -0.402 e. The molecule has 0 unspecified atom stereocenters. The zero-order valence-electron chi connectivity index (χ0n) is 15.4. The lowest BCUT2D eigenvalue weighted by Gasteiger charge is -2.38. The van der Waals surface area contributed by atoms with Crippen LogP contribution in [0, 0.1) is 0 Å². The van der Waals surface area contributed by atoms with Gasteiger partial charge in [0.15, 0.2) is 0 Å². The summed E-state index contributed by atoms with van der Waals surface area (Å²) in [4.78, 5) is 0. The third-order valence-electron chi connectivity index (χ3n) is 4.99. The van der Waals surface area contributed by atoms with Crippen molar-refractivity contribution in [2.75, 3.05) is 20.8 Å². The lowest BCUT2D eigenvalue weighted by molar-refractivity contribution is 0.00578. The minimum absolute atomic E-state index is 0.163. The van der Waals surface area contributed by atoms with Crippen molar-refractivity contribution >= 4 is 15.4 Å². The van der Waals surface area contributed by atoms with E-state index in [4.69, 9.17) is 14.0 Å². The molecular weight excluding hydrogens is 281 g/mol.